The van der Waals surface area contributed by atoms with Gasteiger partial charge in [-0.05, 0) is 25.5 Å². The highest BCUT2D eigenvalue weighted by Crippen LogP contribution is 2.02. The number of rotatable bonds is 7. The van der Waals surface area contributed by atoms with Crippen LogP contribution in [0.4, 0.5) is 0 Å². The summed E-state index contributed by atoms with van der Waals surface area (Å²) < 4.78 is 0. The standard InChI is InChI=1S/C12H18N2O/c1-11-4-2-5-12(8-11)9-13-6-3-7-14-10-15/h2,4-5,8,10,13H,3,6-7,9H2,1H3,(H,14,15). The van der Waals surface area contributed by atoms with Gasteiger partial charge in [0.05, 0.1) is 0 Å². The zero-order valence-corrected chi connectivity index (χ0v) is 9.12. The smallest absolute Gasteiger partial charge is 0.207 e. The first-order valence-electron chi connectivity index (χ1n) is 5.26. The van der Waals surface area contributed by atoms with Crippen molar-refractivity contribution < 1.29 is 4.79 Å². The lowest BCUT2D eigenvalue weighted by atomic mass is 10.1. The average molecular weight is 206 g/mol. The van der Waals surface area contributed by atoms with E-state index in [1.165, 1.54) is 11.1 Å². The van der Waals surface area contributed by atoms with Crippen LogP contribution in [0.1, 0.15) is 17.5 Å². The Labute approximate surface area is 90.9 Å². The SMILES string of the molecule is Cc1cccc(CNCCCNC=O)c1. The van der Waals surface area contributed by atoms with Gasteiger partial charge in [-0.25, -0.2) is 0 Å². The normalized spacial score (nSPS) is 9.93. The molecule has 15 heavy (non-hydrogen) atoms. The summed E-state index contributed by atoms with van der Waals surface area (Å²) >= 11 is 0. The molecule has 0 heterocycles. The van der Waals surface area contributed by atoms with Crippen molar-refractivity contribution in [3.05, 3.63) is 35.4 Å². The van der Waals surface area contributed by atoms with E-state index in [-0.39, 0.29) is 0 Å². The summed E-state index contributed by atoms with van der Waals surface area (Å²) in [6.45, 7) is 4.65. The van der Waals surface area contributed by atoms with Crippen molar-refractivity contribution in [3.63, 3.8) is 0 Å². The van der Waals surface area contributed by atoms with Gasteiger partial charge in [-0.2, -0.15) is 0 Å². The summed E-state index contributed by atoms with van der Waals surface area (Å²) in [7, 11) is 0. The minimum atomic E-state index is 0.737. The molecule has 0 unspecified atom stereocenters. The molecule has 3 heteroatoms. The molecule has 0 aliphatic heterocycles. The maximum atomic E-state index is 9.96. The van der Waals surface area contributed by atoms with Gasteiger partial charge < -0.3 is 10.6 Å². The summed E-state index contributed by atoms with van der Waals surface area (Å²) in [5, 5.41) is 5.97. The molecule has 1 amide bonds. The van der Waals surface area contributed by atoms with E-state index in [4.69, 9.17) is 0 Å². The van der Waals surface area contributed by atoms with Crippen molar-refractivity contribution >= 4 is 6.41 Å². The van der Waals surface area contributed by atoms with Gasteiger partial charge >= 0.3 is 0 Å². The van der Waals surface area contributed by atoms with Crippen LogP contribution in [0.2, 0.25) is 0 Å². The second kappa shape index (κ2) is 7.01. The lowest BCUT2D eigenvalue weighted by Crippen LogP contribution is -2.20. The van der Waals surface area contributed by atoms with E-state index in [9.17, 15) is 4.79 Å². The van der Waals surface area contributed by atoms with Crippen LogP contribution in [0, 0.1) is 6.92 Å². The first-order chi connectivity index (χ1) is 7.33. The fourth-order valence-corrected chi connectivity index (χ4v) is 1.43. The molecular formula is C12H18N2O. The van der Waals surface area contributed by atoms with Gasteiger partial charge in [-0.15, -0.1) is 0 Å². The molecule has 1 aromatic rings. The van der Waals surface area contributed by atoms with E-state index in [2.05, 4.69) is 41.8 Å². The largest absolute Gasteiger partial charge is 0.359 e. The lowest BCUT2D eigenvalue weighted by Gasteiger charge is -2.05. The van der Waals surface area contributed by atoms with Crippen LogP contribution in [0.3, 0.4) is 0 Å². The van der Waals surface area contributed by atoms with Gasteiger partial charge in [0.25, 0.3) is 0 Å². The maximum absolute atomic E-state index is 9.96. The Morgan fingerprint density at radius 2 is 2.20 bits per heavy atom. The maximum Gasteiger partial charge on any atom is 0.207 e. The predicted octanol–water partition coefficient (Wildman–Crippen LogP) is 1.22. The first-order valence-corrected chi connectivity index (χ1v) is 5.26. The van der Waals surface area contributed by atoms with Crippen LogP contribution in [-0.4, -0.2) is 19.5 Å². The van der Waals surface area contributed by atoms with Crippen LogP contribution in [0.25, 0.3) is 0 Å². The van der Waals surface area contributed by atoms with Gasteiger partial charge in [-0.1, -0.05) is 29.8 Å². The van der Waals surface area contributed by atoms with Crippen molar-refractivity contribution in [2.75, 3.05) is 13.1 Å². The van der Waals surface area contributed by atoms with Crippen LogP contribution < -0.4 is 10.6 Å². The summed E-state index contributed by atoms with van der Waals surface area (Å²) in [5.41, 5.74) is 2.59. The molecule has 0 aromatic heterocycles. The molecule has 1 aromatic carbocycles. The van der Waals surface area contributed by atoms with Gasteiger partial charge in [0.15, 0.2) is 0 Å². The van der Waals surface area contributed by atoms with Crippen molar-refractivity contribution in [2.24, 2.45) is 0 Å². The van der Waals surface area contributed by atoms with Crippen LogP contribution in [0.15, 0.2) is 24.3 Å². The summed E-state index contributed by atoms with van der Waals surface area (Å²) in [6.07, 6.45) is 1.70. The highest BCUT2D eigenvalue weighted by atomic mass is 16.1. The number of hydrogen-bond donors (Lipinski definition) is 2. The Bertz CT molecular complexity index is 299. The van der Waals surface area contributed by atoms with Crippen molar-refractivity contribution in [3.8, 4) is 0 Å². The Hall–Kier alpha value is -1.35. The topological polar surface area (TPSA) is 41.1 Å². The van der Waals surface area contributed by atoms with E-state index < -0.39 is 0 Å². The Balaban J connectivity index is 2.12. The molecule has 0 spiro atoms. The van der Waals surface area contributed by atoms with Crippen molar-refractivity contribution in [1.29, 1.82) is 0 Å². The molecule has 0 fully saturated rings. The molecule has 82 valence electrons. The Kier molecular flexibility index (Phi) is 5.48. The van der Waals surface area contributed by atoms with Gasteiger partial charge in [0.2, 0.25) is 6.41 Å². The van der Waals surface area contributed by atoms with Gasteiger partial charge in [-0.3, -0.25) is 4.79 Å². The Morgan fingerprint density at radius 3 is 2.93 bits per heavy atom. The highest BCUT2D eigenvalue weighted by Gasteiger charge is 1.92. The third-order valence-corrected chi connectivity index (χ3v) is 2.17. The number of benzene rings is 1. The molecule has 2 N–H and O–H groups in total. The minimum Gasteiger partial charge on any atom is -0.359 e. The summed E-state index contributed by atoms with van der Waals surface area (Å²) in [5.74, 6) is 0. The number of aryl methyl sites for hydroxylation is 1. The fourth-order valence-electron chi connectivity index (χ4n) is 1.43. The molecule has 0 radical (unpaired) electrons. The zero-order chi connectivity index (χ0) is 10.9. The third-order valence-electron chi connectivity index (χ3n) is 2.17. The summed E-state index contributed by atoms with van der Waals surface area (Å²) in [6, 6.07) is 8.46. The van der Waals surface area contributed by atoms with E-state index in [0.717, 1.165) is 32.5 Å². The van der Waals surface area contributed by atoms with E-state index in [0.29, 0.717) is 0 Å². The van der Waals surface area contributed by atoms with Crippen LogP contribution in [0.5, 0.6) is 0 Å². The van der Waals surface area contributed by atoms with Crippen LogP contribution >= 0.6 is 0 Å². The van der Waals surface area contributed by atoms with Gasteiger partial charge in [0, 0.05) is 13.1 Å². The van der Waals surface area contributed by atoms with Crippen molar-refractivity contribution in [1.82, 2.24) is 10.6 Å². The molecular weight excluding hydrogens is 188 g/mol. The predicted molar refractivity (Wildman–Crippen MR) is 61.6 cm³/mol. The fraction of sp³-hybridized carbons (Fsp3) is 0.417. The Morgan fingerprint density at radius 1 is 1.33 bits per heavy atom. The monoisotopic (exact) mass is 206 g/mol. The zero-order valence-electron chi connectivity index (χ0n) is 9.12. The molecule has 3 nitrogen and oxygen atoms in total. The molecule has 0 atom stereocenters. The van der Waals surface area contributed by atoms with Crippen LogP contribution in [-0.2, 0) is 11.3 Å². The van der Waals surface area contributed by atoms with E-state index >= 15 is 0 Å². The number of carbonyl (C=O) groups excluding carboxylic acids is 1. The molecule has 1 rings (SSSR count). The van der Waals surface area contributed by atoms with E-state index in [1.54, 1.807) is 0 Å². The second-order valence-electron chi connectivity index (χ2n) is 3.59. The number of hydrogen-bond acceptors (Lipinski definition) is 2. The minimum absolute atomic E-state index is 0.737. The number of nitrogens with one attached hydrogen (secondary N) is 2. The molecule has 0 aliphatic carbocycles. The second-order valence-corrected chi connectivity index (χ2v) is 3.59. The highest BCUT2D eigenvalue weighted by molar-refractivity contribution is 5.45. The number of carbonyl (C=O) groups is 1. The average Bonchev–Trinajstić information content (AvgIpc) is 2.23. The lowest BCUT2D eigenvalue weighted by molar-refractivity contribution is -0.109. The number of amides is 1. The van der Waals surface area contributed by atoms with Gasteiger partial charge in [0.1, 0.15) is 0 Å². The quantitative estimate of drug-likeness (QED) is 0.520. The molecule has 0 saturated heterocycles. The summed E-state index contributed by atoms with van der Waals surface area (Å²) in [4.78, 5) is 9.96. The first kappa shape index (κ1) is 11.7. The van der Waals surface area contributed by atoms with E-state index in [1.807, 2.05) is 0 Å². The molecule has 0 saturated carbocycles. The van der Waals surface area contributed by atoms with Crippen molar-refractivity contribution in [2.45, 2.75) is 19.9 Å². The third kappa shape index (κ3) is 5.18. The molecule has 0 aliphatic rings. The molecule has 0 bridgehead atoms.